The van der Waals surface area contributed by atoms with Crippen molar-refractivity contribution in [2.75, 3.05) is 13.1 Å². The van der Waals surface area contributed by atoms with Gasteiger partial charge in [0.15, 0.2) is 0 Å². The monoisotopic (exact) mass is 334 g/mol. The van der Waals surface area contributed by atoms with Crippen LogP contribution in [0.25, 0.3) is 11.3 Å². The highest BCUT2D eigenvalue weighted by molar-refractivity contribution is 5.58. The first kappa shape index (κ1) is 14.8. The fraction of sp³-hybridized carbons (Fsp3) is 0.300. The molecule has 0 spiro atoms. The van der Waals surface area contributed by atoms with Gasteiger partial charge in [0.05, 0.1) is 11.9 Å². The molecule has 5 rings (SSSR count). The second-order valence-corrected chi connectivity index (χ2v) is 7.04. The molecule has 0 amide bonds. The van der Waals surface area contributed by atoms with E-state index in [0.717, 1.165) is 31.7 Å². The fourth-order valence-corrected chi connectivity index (χ4v) is 4.27. The Bertz CT molecular complexity index is 888. The summed E-state index contributed by atoms with van der Waals surface area (Å²) in [5.74, 6) is 2.13. The number of hydrogen-bond donors (Lipinski definition) is 0. The Kier molecular flexibility index (Phi) is 3.41. The van der Waals surface area contributed by atoms with Crippen LogP contribution >= 0.6 is 0 Å². The minimum absolute atomic E-state index is 0.174. The zero-order chi connectivity index (χ0) is 16.8. The van der Waals surface area contributed by atoms with E-state index in [2.05, 4.69) is 20.5 Å². The van der Waals surface area contributed by atoms with Crippen LogP contribution in [0, 0.1) is 11.7 Å². The van der Waals surface area contributed by atoms with E-state index < -0.39 is 0 Å². The molecule has 2 atom stereocenters. The number of likely N-dealkylation sites (tertiary alicyclic amines) is 1. The Balaban J connectivity index is 1.35. The summed E-state index contributed by atoms with van der Waals surface area (Å²) in [4.78, 5) is 11.4. The first-order valence-electron chi connectivity index (χ1n) is 8.70. The molecule has 2 aromatic heterocycles. The molecular formula is C20H19FN4. The van der Waals surface area contributed by atoms with Crippen molar-refractivity contribution in [3.8, 4) is 11.3 Å². The second kappa shape index (κ2) is 5.77. The standard InChI is InChI=1S/C20H19FN4/c21-17-5-3-14(4-6-17)10-24-11-16-12-25-19(15-2-1-7-22-8-15)9-23-20(25)18(16)13-24/h1-9,16,18H,10-13H2/t16-,18+/m1/s1. The van der Waals surface area contributed by atoms with Gasteiger partial charge in [-0.25, -0.2) is 9.37 Å². The molecule has 4 heterocycles. The maximum absolute atomic E-state index is 13.1. The van der Waals surface area contributed by atoms with Crippen molar-refractivity contribution < 1.29 is 4.39 Å². The zero-order valence-electron chi connectivity index (χ0n) is 13.8. The van der Waals surface area contributed by atoms with Gasteiger partial charge in [-0.3, -0.25) is 9.88 Å². The highest BCUT2D eigenvalue weighted by Crippen LogP contribution is 2.41. The lowest BCUT2D eigenvalue weighted by atomic mass is 9.99. The minimum atomic E-state index is -0.174. The van der Waals surface area contributed by atoms with E-state index in [1.807, 2.05) is 30.6 Å². The summed E-state index contributed by atoms with van der Waals surface area (Å²) >= 11 is 0. The Morgan fingerprint density at radius 2 is 1.92 bits per heavy atom. The zero-order valence-corrected chi connectivity index (χ0v) is 13.8. The molecule has 0 unspecified atom stereocenters. The summed E-state index contributed by atoms with van der Waals surface area (Å²) in [5, 5.41) is 0. The SMILES string of the molecule is Fc1ccc(CN2C[C@@H]3Cn4c(-c5cccnc5)cnc4[C@H]3C2)cc1. The van der Waals surface area contributed by atoms with Crippen molar-refractivity contribution in [1.82, 2.24) is 19.4 Å². The number of pyridine rings is 1. The molecule has 0 saturated carbocycles. The predicted molar refractivity (Wildman–Crippen MR) is 93.4 cm³/mol. The van der Waals surface area contributed by atoms with E-state index in [0.29, 0.717) is 11.8 Å². The third-order valence-electron chi connectivity index (χ3n) is 5.43. The first-order valence-corrected chi connectivity index (χ1v) is 8.70. The molecule has 5 heteroatoms. The van der Waals surface area contributed by atoms with E-state index >= 15 is 0 Å². The van der Waals surface area contributed by atoms with Gasteiger partial charge in [-0.05, 0) is 29.8 Å². The van der Waals surface area contributed by atoms with Gasteiger partial charge in [-0.1, -0.05) is 12.1 Å². The van der Waals surface area contributed by atoms with Gasteiger partial charge in [0, 0.05) is 56.0 Å². The lowest BCUT2D eigenvalue weighted by Gasteiger charge is -2.17. The smallest absolute Gasteiger partial charge is 0.123 e. The highest BCUT2D eigenvalue weighted by Gasteiger charge is 2.42. The van der Waals surface area contributed by atoms with Crippen LogP contribution < -0.4 is 0 Å². The minimum Gasteiger partial charge on any atom is -0.327 e. The number of rotatable bonds is 3. The Hall–Kier alpha value is -2.53. The van der Waals surface area contributed by atoms with Crippen molar-refractivity contribution in [2.24, 2.45) is 5.92 Å². The van der Waals surface area contributed by atoms with Crippen molar-refractivity contribution in [3.63, 3.8) is 0 Å². The van der Waals surface area contributed by atoms with Crippen LogP contribution in [-0.4, -0.2) is 32.5 Å². The van der Waals surface area contributed by atoms with Crippen LogP contribution in [0.4, 0.5) is 4.39 Å². The quantitative estimate of drug-likeness (QED) is 0.737. The van der Waals surface area contributed by atoms with E-state index in [9.17, 15) is 4.39 Å². The maximum atomic E-state index is 13.1. The van der Waals surface area contributed by atoms with E-state index in [1.165, 1.54) is 17.1 Å². The number of fused-ring (bicyclic) bond motifs is 3. The number of imidazole rings is 1. The van der Waals surface area contributed by atoms with Gasteiger partial charge in [0.2, 0.25) is 0 Å². The molecule has 2 aliphatic rings. The van der Waals surface area contributed by atoms with Gasteiger partial charge in [0.25, 0.3) is 0 Å². The van der Waals surface area contributed by atoms with Crippen molar-refractivity contribution in [1.29, 1.82) is 0 Å². The number of aromatic nitrogens is 3. The molecule has 0 radical (unpaired) electrons. The third kappa shape index (κ3) is 2.55. The fourth-order valence-electron chi connectivity index (χ4n) is 4.27. The largest absolute Gasteiger partial charge is 0.327 e. The topological polar surface area (TPSA) is 34.0 Å². The number of hydrogen-bond acceptors (Lipinski definition) is 3. The molecule has 0 aliphatic carbocycles. The summed E-state index contributed by atoms with van der Waals surface area (Å²) in [7, 11) is 0. The highest BCUT2D eigenvalue weighted by atomic mass is 19.1. The van der Waals surface area contributed by atoms with Crippen LogP contribution in [0.1, 0.15) is 17.3 Å². The lowest BCUT2D eigenvalue weighted by molar-refractivity contribution is 0.306. The molecule has 1 aromatic carbocycles. The molecule has 2 aliphatic heterocycles. The summed E-state index contributed by atoms with van der Waals surface area (Å²) in [5.41, 5.74) is 3.47. The van der Waals surface area contributed by atoms with Gasteiger partial charge in [0.1, 0.15) is 11.6 Å². The van der Waals surface area contributed by atoms with Crippen LogP contribution in [0.2, 0.25) is 0 Å². The molecule has 126 valence electrons. The Labute approximate surface area is 146 Å². The van der Waals surface area contributed by atoms with Gasteiger partial charge in [-0.15, -0.1) is 0 Å². The van der Waals surface area contributed by atoms with Crippen molar-refractivity contribution >= 4 is 0 Å². The lowest BCUT2D eigenvalue weighted by Crippen LogP contribution is -2.22. The third-order valence-corrected chi connectivity index (χ3v) is 5.43. The summed E-state index contributed by atoms with van der Waals surface area (Å²) in [6.45, 7) is 3.98. The van der Waals surface area contributed by atoms with Crippen LogP contribution in [-0.2, 0) is 13.1 Å². The van der Waals surface area contributed by atoms with Crippen molar-refractivity contribution in [3.05, 3.63) is 72.2 Å². The average molecular weight is 334 g/mol. The van der Waals surface area contributed by atoms with Crippen LogP contribution in [0.15, 0.2) is 55.0 Å². The first-order chi connectivity index (χ1) is 12.3. The van der Waals surface area contributed by atoms with E-state index in [-0.39, 0.29) is 5.82 Å². The number of benzene rings is 1. The molecule has 0 bridgehead atoms. The Morgan fingerprint density at radius 1 is 1.04 bits per heavy atom. The summed E-state index contributed by atoms with van der Waals surface area (Å²) in [6, 6.07) is 10.9. The van der Waals surface area contributed by atoms with Crippen LogP contribution in [0.3, 0.4) is 0 Å². The maximum Gasteiger partial charge on any atom is 0.123 e. The molecule has 0 N–H and O–H groups in total. The normalized spacial score (nSPS) is 22.1. The second-order valence-electron chi connectivity index (χ2n) is 7.04. The molecule has 25 heavy (non-hydrogen) atoms. The van der Waals surface area contributed by atoms with Crippen molar-refractivity contribution in [2.45, 2.75) is 19.0 Å². The Morgan fingerprint density at radius 3 is 2.72 bits per heavy atom. The van der Waals surface area contributed by atoms with Gasteiger partial charge < -0.3 is 4.57 Å². The van der Waals surface area contributed by atoms with Crippen LogP contribution in [0.5, 0.6) is 0 Å². The molecule has 4 nitrogen and oxygen atoms in total. The summed E-state index contributed by atoms with van der Waals surface area (Å²) in [6.07, 6.45) is 5.68. The number of halogens is 1. The average Bonchev–Trinajstić information content (AvgIpc) is 3.29. The molecule has 1 saturated heterocycles. The molecular weight excluding hydrogens is 315 g/mol. The molecule has 3 aromatic rings. The van der Waals surface area contributed by atoms with Gasteiger partial charge in [-0.2, -0.15) is 0 Å². The molecule has 1 fully saturated rings. The van der Waals surface area contributed by atoms with E-state index in [1.54, 1.807) is 18.3 Å². The van der Waals surface area contributed by atoms with E-state index in [4.69, 9.17) is 4.98 Å². The van der Waals surface area contributed by atoms with Gasteiger partial charge >= 0.3 is 0 Å². The summed E-state index contributed by atoms with van der Waals surface area (Å²) < 4.78 is 15.4. The number of nitrogens with zero attached hydrogens (tertiary/aromatic N) is 4. The predicted octanol–water partition coefficient (Wildman–Crippen LogP) is 3.31.